The number of halogens is 2. The number of carbonyl (C=O) groups excluding carboxylic acids is 2. The molecule has 168 valence electrons. The Morgan fingerprint density at radius 2 is 1.74 bits per heavy atom. The van der Waals surface area contributed by atoms with Crippen molar-refractivity contribution in [2.45, 2.75) is 59.2 Å². The molecular formula is C24H30Cl2N2O3. The van der Waals surface area contributed by atoms with Gasteiger partial charge in [-0.1, -0.05) is 60.0 Å². The zero-order chi connectivity index (χ0) is 23.2. The number of nitrogens with zero attached hydrogens (tertiary/aromatic N) is 1. The highest BCUT2D eigenvalue weighted by Gasteiger charge is 2.31. The fourth-order valence-electron chi connectivity index (χ4n) is 3.08. The molecule has 2 rings (SSSR count). The van der Waals surface area contributed by atoms with Gasteiger partial charge < -0.3 is 15.0 Å². The molecule has 31 heavy (non-hydrogen) atoms. The van der Waals surface area contributed by atoms with Crippen molar-refractivity contribution in [1.82, 2.24) is 10.2 Å². The Morgan fingerprint density at radius 3 is 2.29 bits per heavy atom. The van der Waals surface area contributed by atoms with Gasteiger partial charge in [0.2, 0.25) is 5.91 Å². The van der Waals surface area contributed by atoms with Gasteiger partial charge in [-0.25, -0.2) is 0 Å². The molecule has 0 saturated heterocycles. The van der Waals surface area contributed by atoms with Crippen molar-refractivity contribution in [3.8, 4) is 5.75 Å². The second-order valence-corrected chi connectivity index (χ2v) is 9.38. The predicted octanol–water partition coefficient (Wildman–Crippen LogP) is 5.40. The molecule has 0 aliphatic rings. The molecule has 0 saturated carbocycles. The van der Waals surface area contributed by atoms with Crippen molar-refractivity contribution in [3.63, 3.8) is 0 Å². The average Bonchev–Trinajstić information content (AvgIpc) is 2.67. The molecule has 0 aliphatic heterocycles. The number of rotatable bonds is 8. The number of ether oxygens (including phenoxy) is 1. The Morgan fingerprint density at radius 1 is 1.10 bits per heavy atom. The van der Waals surface area contributed by atoms with Crippen LogP contribution in [0.25, 0.3) is 0 Å². The summed E-state index contributed by atoms with van der Waals surface area (Å²) < 4.78 is 5.65. The largest absolute Gasteiger partial charge is 0.482 e. The minimum atomic E-state index is -0.627. The number of hydrogen-bond acceptors (Lipinski definition) is 3. The molecule has 0 radical (unpaired) electrons. The molecular weight excluding hydrogens is 435 g/mol. The summed E-state index contributed by atoms with van der Waals surface area (Å²) in [5, 5.41) is 3.78. The number of amides is 2. The summed E-state index contributed by atoms with van der Waals surface area (Å²) in [6.45, 7) is 9.68. The average molecular weight is 465 g/mol. The maximum atomic E-state index is 13.2. The SMILES string of the molecule is CC[C@@H](C(=O)NC(C)(C)C)N(Cc1ccc(C)cc1)C(=O)COc1ccc(Cl)cc1Cl. The molecule has 0 aromatic heterocycles. The van der Waals surface area contributed by atoms with Crippen LogP contribution in [0.3, 0.4) is 0 Å². The number of benzene rings is 2. The summed E-state index contributed by atoms with van der Waals surface area (Å²) in [5.74, 6) is -0.135. The van der Waals surface area contributed by atoms with Gasteiger partial charge in [0.25, 0.3) is 5.91 Å². The quantitative estimate of drug-likeness (QED) is 0.568. The third-order valence-corrected chi connectivity index (χ3v) is 5.13. The fraction of sp³-hybridized carbons (Fsp3) is 0.417. The van der Waals surface area contributed by atoms with Crippen molar-refractivity contribution >= 4 is 35.0 Å². The first-order valence-electron chi connectivity index (χ1n) is 10.2. The highest BCUT2D eigenvalue weighted by molar-refractivity contribution is 6.35. The van der Waals surface area contributed by atoms with Crippen LogP contribution in [-0.4, -0.2) is 34.9 Å². The summed E-state index contributed by atoms with van der Waals surface area (Å²) in [6, 6.07) is 12.1. The van der Waals surface area contributed by atoms with Crippen molar-refractivity contribution in [2.24, 2.45) is 0 Å². The first-order chi connectivity index (χ1) is 14.5. The molecule has 0 aliphatic carbocycles. The molecule has 0 spiro atoms. The smallest absolute Gasteiger partial charge is 0.261 e. The van der Waals surface area contributed by atoms with Gasteiger partial charge in [0.05, 0.1) is 5.02 Å². The van der Waals surface area contributed by atoms with E-state index in [0.29, 0.717) is 28.8 Å². The van der Waals surface area contributed by atoms with E-state index in [-0.39, 0.29) is 18.4 Å². The molecule has 2 amide bonds. The molecule has 0 unspecified atom stereocenters. The van der Waals surface area contributed by atoms with Crippen LogP contribution in [0, 0.1) is 6.92 Å². The molecule has 2 aromatic carbocycles. The first kappa shape index (κ1) is 25.0. The molecule has 1 N–H and O–H groups in total. The number of aryl methyl sites for hydroxylation is 1. The van der Waals surface area contributed by atoms with Crippen molar-refractivity contribution < 1.29 is 14.3 Å². The second kappa shape index (κ2) is 10.9. The van der Waals surface area contributed by atoms with E-state index >= 15 is 0 Å². The molecule has 0 bridgehead atoms. The van der Waals surface area contributed by atoms with Gasteiger partial charge in [-0.2, -0.15) is 0 Å². The topological polar surface area (TPSA) is 58.6 Å². The highest BCUT2D eigenvalue weighted by Crippen LogP contribution is 2.27. The summed E-state index contributed by atoms with van der Waals surface area (Å²) >= 11 is 12.1. The minimum Gasteiger partial charge on any atom is -0.482 e. The third-order valence-electron chi connectivity index (χ3n) is 4.60. The summed E-state index contributed by atoms with van der Waals surface area (Å²) in [7, 11) is 0. The van der Waals surface area contributed by atoms with Crippen LogP contribution in [0.4, 0.5) is 0 Å². The van der Waals surface area contributed by atoms with Crippen molar-refractivity contribution in [3.05, 3.63) is 63.6 Å². The van der Waals surface area contributed by atoms with E-state index in [1.54, 1.807) is 23.1 Å². The summed E-state index contributed by atoms with van der Waals surface area (Å²) in [6.07, 6.45) is 0.473. The zero-order valence-corrected chi connectivity index (χ0v) is 20.2. The van der Waals surface area contributed by atoms with Gasteiger partial charge >= 0.3 is 0 Å². The van der Waals surface area contributed by atoms with Gasteiger partial charge in [-0.3, -0.25) is 9.59 Å². The standard InChI is InChI=1S/C24H30Cl2N2O3/c1-6-20(23(30)27-24(3,4)5)28(14-17-9-7-16(2)8-10-17)22(29)15-31-21-12-11-18(25)13-19(21)26/h7-13,20H,6,14-15H2,1-5H3,(H,27,30)/t20-/m0/s1. The van der Waals surface area contributed by atoms with E-state index in [0.717, 1.165) is 11.1 Å². The number of nitrogens with one attached hydrogen (secondary N) is 1. The Bertz CT molecular complexity index is 908. The predicted molar refractivity (Wildman–Crippen MR) is 126 cm³/mol. The molecule has 7 heteroatoms. The van der Waals surface area contributed by atoms with E-state index in [1.165, 1.54) is 0 Å². The Hall–Kier alpha value is -2.24. The van der Waals surface area contributed by atoms with E-state index in [1.807, 2.05) is 58.9 Å². The maximum absolute atomic E-state index is 13.2. The van der Waals surface area contributed by atoms with E-state index in [9.17, 15) is 9.59 Å². The fourth-order valence-corrected chi connectivity index (χ4v) is 3.54. The van der Waals surface area contributed by atoms with Gasteiger partial charge in [0.15, 0.2) is 6.61 Å². The lowest BCUT2D eigenvalue weighted by Crippen LogP contribution is -2.54. The summed E-state index contributed by atoms with van der Waals surface area (Å²) in [4.78, 5) is 27.7. The van der Waals surface area contributed by atoms with Crippen molar-refractivity contribution in [2.75, 3.05) is 6.61 Å². The first-order valence-corrected chi connectivity index (χ1v) is 11.0. The van der Waals surface area contributed by atoms with Crippen LogP contribution < -0.4 is 10.1 Å². The molecule has 2 aromatic rings. The summed E-state index contributed by atoms with van der Waals surface area (Å²) in [5.41, 5.74) is 1.65. The monoisotopic (exact) mass is 464 g/mol. The normalized spacial score (nSPS) is 12.2. The van der Waals surface area contributed by atoms with Crippen LogP contribution in [0.2, 0.25) is 10.0 Å². The number of hydrogen-bond donors (Lipinski definition) is 1. The van der Waals surface area contributed by atoms with E-state index in [4.69, 9.17) is 27.9 Å². The van der Waals surface area contributed by atoms with Gasteiger partial charge in [-0.05, 0) is 57.9 Å². The minimum absolute atomic E-state index is 0.194. The third kappa shape index (κ3) is 7.75. The lowest BCUT2D eigenvalue weighted by atomic mass is 10.1. The number of carbonyl (C=O) groups is 2. The van der Waals surface area contributed by atoms with Crippen LogP contribution in [-0.2, 0) is 16.1 Å². The molecule has 0 heterocycles. The van der Waals surface area contributed by atoms with Crippen LogP contribution in [0.15, 0.2) is 42.5 Å². The lowest BCUT2D eigenvalue weighted by molar-refractivity contribution is -0.143. The van der Waals surface area contributed by atoms with E-state index in [2.05, 4.69) is 5.32 Å². The second-order valence-electron chi connectivity index (χ2n) is 8.53. The Balaban J connectivity index is 2.24. The molecule has 5 nitrogen and oxygen atoms in total. The molecule has 1 atom stereocenters. The Labute approximate surface area is 194 Å². The van der Waals surface area contributed by atoms with Crippen molar-refractivity contribution in [1.29, 1.82) is 0 Å². The van der Waals surface area contributed by atoms with Gasteiger partial charge in [0.1, 0.15) is 11.8 Å². The van der Waals surface area contributed by atoms with Crippen LogP contribution >= 0.6 is 23.2 Å². The van der Waals surface area contributed by atoms with Crippen LogP contribution in [0.1, 0.15) is 45.2 Å². The van der Waals surface area contributed by atoms with Gasteiger partial charge in [-0.15, -0.1) is 0 Å². The zero-order valence-electron chi connectivity index (χ0n) is 18.7. The lowest BCUT2D eigenvalue weighted by Gasteiger charge is -2.33. The Kier molecular flexibility index (Phi) is 8.78. The highest BCUT2D eigenvalue weighted by atomic mass is 35.5. The van der Waals surface area contributed by atoms with Gasteiger partial charge in [0, 0.05) is 17.1 Å². The maximum Gasteiger partial charge on any atom is 0.261 e. The van der Waals surface area contributed by atoms with E-state index < -0.39 is 11.6 Å². The van der Waals surface area contributed by atoms with Crippen LogP contribution in [0.5, 0.6) is 5.75 Å². The molecule has 0 fully saturated rings.